The number of rotatable bonds is 2. The fourth-order valence-corrected chi connectivity index (χ4v) is 2.73. The maximum Gasteiger partial charge on any atom is 0.418 e. The van der Waals surface area contributed by atoms with Crippen molar-refractivity contribution in [3.05, 3.63) is 16.8 Å². The van der Waals surface area contributed by atoms with E-state index in [0.717, 1.165) is 17.5 Å². The van der Waals surface area contributed by atoms with Crippen LogP contribution in [-0.4, -0.2) is 32.9 Å². The minimum absolute atomic E-state index is 0.101. The molecule has 2 aromatic heterocycles. The number of fused-ring (bicyclic) bond motifs is 1. The largest absolute Gasteiger partial charge is 0.444 e. The first-order chi connectivity index (χ1) is 10.9. The molecule has 2 N–H and O–H groups in total. The minimum atomic E-state index is -4.92. The number of hydrogen-bond acceptors (Lipinski definition) is 6. The Morgan fingerprint density at radius 3 is 2.54 bits per heavy atom. The Bertz CT molecular complexity index is 768. The number of aliphatic hydroxyl groups excluding tert-OH is 1. The summed E-state index contributed by atoms with van der Waals surface area (Å²) in [5.74, 6) is 0. The number of anilines is 1. The van der Waals surface area contributed by atoms with Crippen molar-refractivity contribution in [3.63, 3.8) is 0 Å². The number of carbonyl (C=O) groups excluding carboxylic acids is 1. The second-order valence-corrected chi connectivity index (χ2v) is 7.22. The van der Waals surface area contributed by atoms with Gasteiger partial charge in [-0.2, -0.15) is 13.2 Å². The van der Waals surface area contributed by atoms with Gasteiger partial charge in [0.15, 0.2) is 6.10 Å². The Morgan fingerprint density at radius 1 is 1.38 bits per heavy atom. The second-order valence-electron chi connectivity index (χ2n) is 6.04. The number of nitrogens with zero attached hydrogens (tertiary/aromatic N) is 2. The lowest BCUT2D eigenvalue weighted by Crippen LogP contribution is -2.28. The third-order valence-electron chi connectivity index (χ3n) is 2.79. The topological polar surface area (TPSA) is 84.3 Å². The van der Waals surface area contributed by atoms with Gasteiger partial charge in [-0.05, 0) is 27.7 Å². The quantitative estimate of drug-likeness (QED) is 0.844. The Morgan fingerprint density at radius 2 is 2.00 bits per heavy atom. The van der Waals surface area contributed by atoms with E-state index in [4.69, 9.17) is 4.74 Å². The van der Waals surface area contributed by atoms with E-state index in [2.05, 4.69) is 15.3 Å². The summed E-state index contributed by atoms with van der Waals surface area (Å²) in [6, 6.07) is 0. The fourth-order valence-electron chi connectivity index (χ4n) is 1.95. The van der Waals surface area contributed by atoms with Crippen molar-refractivity contribution < 1.29 is 27.8 Å². The predicted octanol–water partition coefficient (Wildman–Crippen LogP) is 3.94. The van der Waals surface area contributed by atoms with Crippen LogP contribution < -0.4 is 5.32 Å². The molecule has 0 aliphatic carbocycles. The van der Waals surface area contributed by atoms with E-state index in [1.54, 1.807) is 27.7 Å². The Hall–Kier alpha value is -1.94. The minimum Gasteiger partial charge on any atom is -0.444 e. The van der Waals surface area contributed by atoms with Crippen LogP contribution in [0.2, 0.25) is 0 Å². The highest BCUT2D eigenvalue weighted by atomic mass is 32.1. The number of carbonyl (C=O) groups is 1. The molecular formula is C14H16F3N3O3S. The van der Waals surface area contributed by atoms with Crippen molar-refractivity contribution in [2.75, 3.05) is 5.32 Å². The van der Waals surface area contributed by atoms with E-state index in [0.29, 0.717) is 5.01 Å². The number of aromatic nitrogens is 2. The third kappa shape index (κ3) is 4.12. The first kappa shape index (κ1) is 18.4. The number of aryl methyl sites for hydroxylation is 1. The van der Waals surface area contributed by atoms with Gasteiger partial charge in [0.1, 0.15) is 15.9 Å². The van der Waals surface area contributed by atoms with Crippen LogP contribution in [0.5, 0.6) is 0 Å². The number of hydrogen-bond donors (Lipinski definition) is 2. The lowest BCUT2D eigenvalue weighted by atomic mass is 10.1. The Kier molecular flexibility index (Phi) is 4.73. The van der Waals surface area contributed by atoms with Crippen LogP contribution in [0.3, 0.4) is 0 Å². The molecule has 1 unspecified atom stereocenters. The standard InChI is InChI=1S/C14H16F3N3O3S/c1-6-19-9-8(10(21)14(15,16)17)7(5-18-11(9)24-6)20-12(22)23-13(2,3)4/h5,10,21H,1-4H3,(H,20,22). The third-order valence-corrected chi connectivity index (χ3v) is 3.67. The van der Waals surface area contributed by atoms with E-state index in [9.17, 15) is 23.1 Å². The van der Waals surface area contributed by atoms with Crippen LogP contribution in [0.15, 0.2) is 6.20 Å². The highest BCUT2D eigenvalue weighted by Gasteiger charge is 2.42. The molecule has 0 spiro atoms. The summed E-state index contributed by atoms with van der Waals surface area (Å²) < 4.78 is 44.1. The summed E-state index contributed by atoms with van der Waals surface area (Å²) in [5, 5.41) is 12.4. The van der Waals surface area contributed by atoms with Crippen LogP contribution in [-0.2, 0) is 4.74 Å². The van der Waals surface area contributed by atoms with Crippen molar-refractivity contribution in [1.82, 2.24) is 9.97 Å². The van der Waals surface area contributed by atoms with Crippen LogP contribution in [0.25, 0.3) is 10.3 Å². The van der Waals surface area contributed by atoms with E-state index >= 15 is 0 Å². The molecule has 0 bridgehead atoms. The van der Waals surface area contributed by atoms with Crippen molar-refractivity contribution in [3.8, 4) is 0 Å². The highest BCUT2D eigenvalue weighted by Crippen LogP contribution is 2.40. The van der Waals surface area contributed by atoms with Crippen molar-refractivity contribution in [2.45, 2.75) is 45.6 Å². The van der Waals surface area contributed by atoms with Gasteiger partial charge in [-0.1, -0.05) is 11.3 Å². The van der Waals surface area contributed by atoms with E-state index < -0.39 is 29.5 Å². The molecule has 0 radical (unpaired) electrons. The number of nitrogens with one attached hydrogen (secondary N) is 1. The fraction of sp³-hybridized carbons (Fsp3) is 0.500. The summed E-state index contributed by atoms with van der Waals surface area (Å²) >= 11 is 1.09. The zero-order valence-corrected chi connectivity index (χ0v) is 14.2. The molecule has 132 valence electrons. The molecule has 6 nitrogen and oxygen atoms in total. The number of pyridine rings is 1. The van der Waals surface area contributed by atoms with Gasteiger partial charge >= 0.3 is 12.3 Å². The van der Waals surface area contributed by atoms with Crippen molar-refractivity contribution in [2.24, 2.45) is 0 Å². The molecule has 0 aromatic carbocycles. The number of amides is 1. The molecule has 2 rings (SSSR count). The summed E-state index contributed by atoms with van der Waals surface area (Å²) in [6.45, 7) is 6.45. The number of aliphatic hydroxyl groups is 1. The van der Waals surface area contributed by atoms with Crippen LogP contribution in [0.1, 0.15) is 37.4 Å². The van der Waals surface area contributed by atoms with E-state index in [-0.39, 0.29) is 16.0 Å². The zero-order chi connectivity index (χ0) is 18.3. The molecule has 0 fully saturated rings. The SMILES string of the molecule is Cc1nc2c(C(O)C(F)(F)F)c(NC(=O)OC(C)(C)C)cnc2s1. The average molecular weight is 363 g/mol. The molecule has 2 heterocycles. The predicted molar refractivity (Wildman–Crippen MR) is 83.0 cm³/mol. The molecule has 10 heteroatoms. The molecule has 24 heavy (non-hydrogen) atoms. The van der Waals surface area contributed by atoms with Crippen LogP contribution >= 0.6 is 11.3 Å². The van der Waals surface area contributed by atoms with Gasteiger partial charge in [0.25, 0.3) is 0 Å². The maximum absolute atomic E-state index is 13.0. The molecule has 0 aliphatic rings. The monoisotopic (exact) mass is 363 g/mol. The highest BCUT2D eigenvalue weighted by molar-refractivity contribution is 7.18. The Labute approximate surface area is 139 Å². The Balaban J connectivity index is 2.51. The molecule has 0 saturated carbocycles. The van der Waals surface area contributed by atoms with Gasteiger partial charge in [-0.25, -0.2) is 14.8 Å². The lowest BCUT2D eigenvalue weighted by molar-refractivity contribution is -0.206. The summed E-state index contributed by atoms with van der Waals surface area (Å²) in [7, 11) is 0. The lowest BCUT2D eigenvalue weighted by Gasteiger charge is -2.22. The normalized spacial score (nSPS) is 13.8. The van der Waals surface area contributed by atoms with E-state index in [1.807, 2.05) is 0 Å². The summed E-state index contributed by atoms with van der Waals surface area (Å²) in [5.41, 5.74) is -1.78. The second kappa shape index (κ2) is 6.17. The molecule has 2 aromatic rings. The van der Waals surface area contributed by atoms with Crippen LogP contribution in [0, 0.1) is 6.92 Å². The molecular weight excluding hydrogens is 347 g/mol. The maximum atomic E-state index is 13.0. The van der Waals surface area contributed by atoms with Gasteiger partial charge in [-0.3, -0.25) is 5.32 Å². The zero-order valence-electron chi connectivity index (χ0n) is 13.4. The van der Waals surface area contributed by atoms with Gasteiger partial charge < -0.3 is 9.84 Å². The average Bonchev–Trinajstić information content (AvgIpc) is 2.74. The van der Waals surface area contributed by atoms with Gasteiger partial charge in [0, 0.05) is 5.56 Å². The molecule has 0 aliphatic heterocycles. The number of halogens is 3. The molecule has 1 amide bonds. The molecule has 0 saturated heterocycles. The van der Waals surface area contributed by atoms with Gasteiger partial charge in [0.2, 0.25) is 0 Å². The van der Waals surface area contributed by atoms with Crippen molar-refractivity contribution >= 4 is 33.5 Å². The first-order valence-electron chi connectivity index (χ1n) is 6.89. The summed E-state index contributed by atoms with van der Waals surface area (Å²) in [6.07, 6.45) is -7.63. The molecule has 1 atom stereocenters. The van der Waals surface area contributed by atoms with E-state index in [1.165, 1.54) is 0 Å². The number of ether oxygens (including phenoxy) is 1. The number of thiazole rings is 1. The first-order valence-corrected chi connectivity index (χ1v) is 7.71. The number of alkyl halides is 3. The van der Waals surface area contributed by atoms with Crippen molar-refractivity contribution in [1.29, 1.82) is 0 Å². The smallest absolute Gasteiger partial charge is 0.418 e. The van der Waals surface area contributed by atoms with Crippen LogP contribution in [0.4, 0.5) is 23.7 Å². The van der Waals surface area contributed by atoms with Gasteiger partial charge in [-0.15, -0.1) is 0 Å². The van der Waals surface area contributed by atoms with Gasteiger partial charge in [0.05, 0.1) is 16.9 Å². The summed E-state index contributed by atoms with van der Waals surface area (Å²) in [4.78, 5) is 20.1.